The number of hydrogen-bond acceptors (Lipinski definition) is 4. The number of rotatable bonds is 3. The van der Waals surface area contributed by atoms with Crippen LogP contribution >= 0.6 is 12.4 Å². The van der Waals surface area contributed by atoms with Crippen LogP contribution in [0.4, 0.5) is 0 Å². The average Bonchev–Trinajstić information content (AvgIpc) is 2.52. The van der Waals surface area contributed by atoms with Crippen molar-refractivity contribution in [2.45, 2.75) is 57.0 Å². The number of morpholine rings is 1. The van der Waals surface area contributed by atoms with Crippen LogP contribution in [0.25, 0.3) is 0 Å². The molecule has 2 aliphatic heterocycles. The Bertz CT molecular complexity index is 345. The molecule has 1 saturated carbocycles. The van der Waals surface area contributed by atoms with Crippen molar-refractivity contribution in [1.82, 2.24) is 10.6 Å². The second-order valence-corrected chi connectivity index (χ2v) is 6.88. The maximum atomic E-state index is 12.1. The molecule has 2 N–H and O–H groups in total. The molecular formula is C16H29ClN2O3. The third-order valence-corrected chi connectivity index (χ3v) is 5.40. The molecule has 1 aliphatic carbocycles. The summed E-state index contributed by atoms with van der Waals surface area (Å²) in [5, 5.41) is 6.56. The number of carbonyl (C=O) groups excluding carboxylic acids is 1. The Labute approximate surface area is 139 Å². The van der Waals surface area contributed by atoms with Gasteiger partial charge in [-0.3, -0.25) is 4.79 Å². The van der Waals surface area contributed by atoms with Crippen LogP contribution in [0.5, 0.6) is 0 Å². The average molecular weight is 333 g/mol. The van der Waals surface area contributed by atoms with Crippen molar-refractivity contribution in [3.8, 4) is 0 Å². The summed E-state index contributed by atoms with van der Waals surface area (Å²) in [6.45, 7) is 4.11. The molecule has 0 aromatic carbocycles. The zero-order valence-electron chi connectivity index (χ0n) is 13.3. The molecule has 2 heterocycles. The van der Waals surface area contributed by atoms with Gasteiger partial charge in [-0.05, 0) is 43.9 Å². The number of nitrogens with one attached hydrogen (secondary N) is 2. The molecule has 6 heteroatoms. The first-order valence-corrected chi connectivity index (χ1v) is 8.44. The van der Waals surface area contributed by atoms with Gasteiger partial charge in [0.05, 0.1) is 13.2 Å². The molecule has 3 rings (SSSR count). The summed E-state index contributed by atoms with van der Waals surface area (Å²) in [6.07, 6.45) is 7.68. The summed E-state index contributed by atoms with van der Waals surface area (Å²) < 4.78 is 10.9. The van der Waals surface area contributed by atoms with Crippen molar-refractivity contribution < 1.29 is 14.3 Å². The van der Waals surface area contributed by atoms with E-state index < -0.39 is 0 Å². The van der Waals surface area contributed by atoms with Gasteiger partial charge in [0.15, 0.2) is 0 Å². The Balaban J connectivity index is 0.00000176. The summed E-state index contributed by atoms with van der Waals surface area (Å²) in [5.74, 6) is 0.172. The normalized spacial score (nSPS) is 28.8. The molecule has 1 spiro atoms. The van der Waals surface area contributed by atoms with Gasteiger partial charge in [0.2, 0.25) is 5.91 Å². The highest BCUT2D eigenvalue weighted by Crippen LogP contribution is 2.44. The molecule has 5 nitrogen and oxygen atoms in total. The van der Waals surface area contributed by atoms with Crippen molar-refractivity contribution in [2.75, 3.05) is 33.0 Å². The molecule has 1 unspecified atom stereocenters. The SMILES string of the molecule is Cl.O=C(CC1COCCN1)NC1CCC2(CCOCC2)CC1. The van der Waals surface area contributed by atoms with Crippen LogP contribution in [0.1, 0.15) is 44.9 Å². The van der Waals surface area contributed by atoms with E-state index in [0.717, 1.165) is 39.2 Å². The monoisotopic (exact) mass is 332 g/mol. The fraction of sp³-hybridized carbons (Fsp3) is 0.938. The molecule has 1 atom stereocenters. The zero-order valence-corrected chi connectivity index (χ0v) is 14.1. The fourth-order valence-corrected chi connectivity index (χ4v) is 3.94. The highest BCUT2D eigenvalue weighted by atomic mass is 35.5. The molecule has 2 saturated heterocycles. The molecule has 128 valence electrons. The Morgan fingerprint density at radius 3 is 2.45 bits per heavy atom. The van der Waals surface area contributed by atoms with Crippen molar-refractivity contribution in [3.05, 3.63) is 0 Å². The van der Waals surface area contributed by atoms with E-state index in [-0.39, 0.29) is 24.4 Å². The molecule has 0 aromatic heterocycles. The van der Waals surface area contributed by atoms with E-state index in [1.807, 2.05) is 0 Å². The molecule has 0 bridgehead atoms. The molecule has 22 heavy (non-hydrogen) atoms. The van der Waals surface area contributed by atoms with E-state index >= 15 is 0 Å². The third kappa shape index (κ3) is 4.82. The molecule has 3 aliphatic rings. The standard InChI is InChI=1S/C16H28N2O3.ClH/c19-15(11-14-12-21-10-7-17-14)18-13-1-3-16(4-2-13)5-8-20-9-6-16;/h13-14,17H,1-12H2,(H,18,19);1H. The Hall–Kier alpha value is -0.360. The smallest absolute Gasteiger partial charge is 0.221 e. The summed E-state index contributed by atoms with van der Waals surface area (Å²) in [6, 6.07) is 0.555. The van der Waals surface area contributed by atoms with Crippen LogP contribution in [-0.2, 0) is 14.3 Å². The molecule has 1 amide bonds. The summed E-state index contributed by atoms with van der Waals surface area (Å²) in [5.41, 5.74) is 0.512. The lowest BCUT2D eigenvalue weighted by molar-refractivity contribution is -0.123. The Morgan fingerprint density at radius 1 is 1.09 bits per heavy atom. The first-order valence-electron chi connectivity index (χ1n) is 8.44. The molecular weight excluding hydrogens is 304 g/mol. The van der Waals surface area contributed by atoms with Gasteiger partial charge in [0.25, 0.3) is 0 Å². The van der Waals surface area contributed by atoms with Crippen LogP contribution in [0.15, 0.2) is 0 Å². The lowest BCUT2D eigenvalue weighted by Gasteiger charge is -2.43. The van der Waals surface area contributed by atoms with Gasteiger partial charge in [-0.25, -0.2) is 0 Å². The van der Waals surface area contributed by atoms with Crippen LogP contribution in [-0.4, -0.2) is 51.0 Å². The highest BCUT2D eigenvalue weighted by Gasteiger charge is 2.37. The van der Waals surface area contributed by atoms with Gasteiger partial charge in [0.1, 0.15) is 0 Å². The van der Waals surface area contributed by atoms with E-state index in [9.17, 15) is 4.79 Å². The predicted molar refractivity (Wildman–Crippen MR) is 87.4 cm³/mol. The van der Waals surface area contributed by atoms with Gasteiger partial charge in [-0.2, -0.15) is 0 Å². The molecule has 0 aromatic rings. The van der Waals surface area contributed by atoms with E-state index in [2.05, 4.69) is 10.6 Å². The van der Waals surface area contributed by atoms with Gasteiger partial charge in [0, 0.05) is 38.3 Å². The lowest BCUT2D eigenvalue weighted by atomic mass is 9.68. The van der Waals surface area contributed by atoms with E-state index in [0.29, 0.717) is 24.5 Å². The first kappa shape index (κ1) is 18.0. The van der Waals surface area contributed by atoms with Crippen molar-refractivity contribution in [1.29, 1.82) is 0 Å². The fourth-order valence-electron chi connectivity index (χ4n) is 3.94. The molecule has 0 radical (unpaired) electrons. The highest BCUT2D eigenvalue weighted by molar-refractivity contribution is 5.85. The van der Waals surface area contributed by atoms with Gasteiger partial charge in [-0.15, -0.1) is 12.4 Å². The largest absolute Gasteiger partial charge is 0.381 e. The quantitative estimate of drug-likeness (QED) is 0.825. The second-order valence-electron chi connectivity index (χ2n) is 6.88. The van der Waals surface area contributed by atoms with Crippen molar-refractivity contribution in [3.63, 3.8) is 0 Å². The van der Waals surface area contributed by atoms with E-state index in [1.165, 1.54) is 25.7 Å². The van der Waals surface area contributed by atoms with Crippen molar-refractivity contribution in [2.24, 2.45) is 5.41 Å². The van der Waals surface area contributed by atoms with Gasteiger partial charge < -0.3 is 20.1 Å². The number of halogens is 1. The predicted octanol–water partition coefficient (Wildman–Crippen LogP) is 1.64. The van der Waals surface area contributed by atoms with Crippen LogP contribution in [0, 0.1) is 5.41 Å². The van der Waals surface area contributed by atoms with Crippen molar-refractivity contribution >= 4 is 18.3 Å². The number of ether oxygens (including phenoxy) is 2. The number of amides is 1. The van der Waals surface area contributed by atoms with Gasteiger partial charge in [-0.1, -0.05) is 0 Å². The number of carbonyl (C=O) groups is 1. The summed E-state index contributed by atoms with van der Waals surface area (Å²) in [7, 11) is 0. The topological polar surface area (TPSA) is 59.6 Å². The minimum absolute atomic E-state index is 0. The maximum Gasteiger partial charge on any atom is 0.221 e. The Morgan fingerprint density at radius 2 is 1.82 bits per heavy atom. The Kier molecular flexibility index (Phi) is 6.93. The van der Waals surface area contributed by atoms with E-state index in [1.54, 1.807) is 0 Å². The second kappa shape index (κ2) is 8.48. The molecule has 3 fully saturated rings. The minimum atomic E-state index is 0. The first-order chi connectivity index (χ1) is 10.3. The van der Waals surface area contributed by atoms with Crippen LogP contribution in [0.3, 0.4) is 0 Å². The lowest BCUT2D eigenvalue weighted by Crippen LogP contribution is -2.47. The van der Waals surface area contributed by atoms with E-state index in [4.69, 9.17) is 9.47 Å². The van der Waals surface area contributed by atoms with Crippen LogP contribution < -0.4 is 10.6 Å². The number of hydrogen-bond donors (Lipinski definition) is 2. The van der Waals surface area contributed by atoms with Crippen LogP contribution in [0.2, 0.25) is 0 Å². The zero-order chi connectivity index (χ0) is 14.5. The van der Waals surface area contributed by atoms with Gasteiger partial charge >= 0.3 is 0 Å². The third-order valence-electron chi connectivity index (χ3n) is 5.40. The maximum absolute atomic E-state index is 12.1. The summed E-state index contributed by atoms with van der Waals surface area (Å²) >= 11 is 0. The minimum Gasteiger partial charge on any atom is -0.381 e. The summed E-state index contributed by atoms with van der Waals surface area (Å²) in [4.78, 5) is 12.1.